The van der Waals surface area contributed by atoms with E-state index in [2.05, 4.69) is 4.99 Å². The van der Waals surface area contributed by atoms with Gasteiger partial charge in [-0.1, -0.05) is 41.6 Å². The number of amidine groups is 1. The quantitative estimate of drug-likeness (QED) is 0.860. The van der Waals surface area contributed by atoms with Gasteiger partial charge in [-0.15, -0.1) is 0 Å². The third-order valence-corrected chi connectivity index (χ3v) is 5.18. The molecular weight excluding hydrogens is 292 g/mol. The summed E-state index contributed by atoms with van der Waals surface area (Å²) in [7, 11) is -3.22. The summed E-state index contributed by atoms with van der Waals surface area (Å²) in [6.45, 7) is 0.960. The number of benzene rings is 1. The van der Waals surface area contributed by atoms with Gasteiger partial charge in [-0.2, -0.15) is 0 Å². The highest BCUT2D eigenvalue weighted by Crippen LogP contribution is 2.25. The van der Waals surface area contributed by atoms with Crippen molar-refractivity contribution in [1.82, 2.24) is 4.31 Å². The predicted octanol–water partition coefficient (Wildman–Crippen LogP) is 2.20. The van der Waals surface area contributed by atoms with Crippen molar-refractivity contribution in [2.24, 2.45) is 4.99 Å². The summed E-state index contributed by atoms with van der Waals surface area (Å²) in [6.07, 6.45) is 1.20. The first-order valence-electron chi connectivity index (χ1n) is 5.37. The Morgan fingerprint density at radius 2 is 2.17 bits per heavy atom. The van der Waals surface area contributed by atoms with E-state index in [4.69, 9.17) is 11.6 Å². The van der Waals surface area contributed by atoms with Crippen LogP contribution >= 0.6 is 23.4 Å². The van der Waals surface area contributed by atoms with Crippen molar-refractivity contribution in [3.05, 3.63) is 34.9 Å². The minimum Gasteiger partial charge on any atom is -0.260 e. The lowest BCUT2D eigenvalue weighted by Crippen LogP contribution is -2.31. The fourth-order valence-electron chi connectivity index (χ4n) is 1.59. The Balaban J connectivity index is 2.05. The lowest BCUT2D eigenvalue weighted by atomic mass is 10.2. The number of halogens is 1. The Hall–Kier alpha value is -0.720. The van der Waals surface area contributed by atoms with E-state index in [9.17, 15) is 8.42 Å². The summed E-state index contributed by atoms with van der Waals surface area (Å²) in [6, 6.07) is 7.52. The van der Waals surface area contributed by atoms with Crippen LogP contribution in [0.15, 0.2) is 29.3 Å². The van der Waals surface area contributed by atoms with Crippen LogP contribution in [0.3, 0.4) is 0 Å². The maximum absolute atomic E-state index is 11.5. The number of nitrogens with zero attached hydrogens (tertiary/aromatic N) is 2. The number of rotatable bonds is 3. The maximum Gasteiger partial charge on any atom is 0.233 e. The zero-order valence-corrected chi connectivity index (χ0v) is 12.2. The average molecular weight is 305 g/mol. The molecule has 2 rings (SSSR count). The topological polar surface area (TPSA) is 49.7 Å². The van der Waals surface area contributed by atoms with Gasteiger partial charge in [0.05, 0.1) is 19.3 Å². The molecule has 0 N–H and O–H groups in total. The van der Waals surface area contributed by atoms with E-state index < -0.39 is 10.0 Å². The predicted molar refractivity (Wildman–Crippen MR) is 76.6 cm³/mol. The molecule has 0 amide bonds. The summed E-state index contributed by atoms with van der Waals surface area (Å²) < 4.78 is 24.4. The highest BCUT2D eigenvalue weighted by atomic mass is 35.5. The third-order valence-electron chi connectivity index (χ3n) is 2.48. The molecule has 0 spiro atoms. The lowest BCUT2D eigenvalue weighted by Gasteiger charge is -2.16. The highest BCUT2D eigenvalue weighted by Gasteiger charge is 2.25. The molecule has 0 aliphatic carbocycles. The maximum atomic E-state index is 11.5. The van der Waals surface area contributed by atoms with Crippen LogP contribution < -0.4 is 0 Å². The first kappa shape index (κ1) is 13.7. The molecule has 1 aliphatic heterocycles. The second-order valence-electron chi connectivity index (χ2n) is 3.88. The molecule has 0 bridgehead atoms. The van der Waals surface area contributed by atoms with Crippen molar-refractivity contribution in [3.8, 4) is 0 Å². The molecular formula is C11H13ClN2O2S2. The molecule has 4 nitrogen and oxygen atoms in total. The van der Waals surface area contributed by atoms with Gasteiger partial charge in [0.25, 0.3) is 0 Å². The van der Waals surface area contributed by atoms with Gasteiger partial charge < -0.3 is 0 Å². The molecule has 0 saturated heterocycles. The zero-order chi connectivity index (χ0) is 13.2. The number of hydrogen-bond acceptors (Lipinski definition) is 4. The van der Waals surface area contributed by atoms with Gasteiger partial charge in [0, 0.05) is 10.8 Å². The van der Waals surface area contributed by atoms with Crippen LogP contribution in [0.25, 0.3) is 0 Å². The van der Waals surface area contributed by atoms with Gasteiger partial charge >= 0.3 is 0 Å². The summed E-state index contributed by atoms with van der Waals surface area (Å²) in [4.78, 5) is 4.21. The van der Waals surface area contributed by atoms with E-state index in [1.165, 1.54) is 22.3 Å². The molecule has 0 fully saturated rings. The van der Waals surface area contributed by atoms with Crippen LogP contribution in [-0.4, -0.2) is 37.2 Å². The minimum atomic E-state index is -3.22. The fraction of sp³-hybridized carbons (Fsp3) is 0.364. The van der Waals surface area contributed by atoms with E-state index in [0.717, 1.165) is 5.56 Å². The molecule has 0 saturated carbocycles. The van der Waals surface area contributed by atoms with Gasteiger partial charge in [0.2, 0.25) is 10.0 Å². The average Bonchev–Trinajstić information content (AvgIpc) is 2.76. The molecule has 0 radical (unpaired) electrons. The summed E-state index contributed by atoms with van der Waals surface area (Å²) in [5, 5.41) is 1.24. The van der Waals surface area contributed by atoms with Gasteiger partial charge in [-0.05, 0) is 11.6 Å². The largest absolute Gasteiger partial charge is 0.260 e. The Morgan fingerprint density at radius 3 is 2.83 bits per heavy atom. The van der Waals surface area contributed by atoms with Crippen LogP contribution in [0, 0.1) is 0 Å². The van der Waals surface area contributed by atoms with Crippen molar-refractivity contribution in [2.75, 3.05) is 19.3 Å². The summed E-state index contributed by atoms with van der Waals surface area (Å²) in [5.74, 6) is 0.616. The standard InChI is InChI=1S/C11H13ClN2O2S2/c1-18(15,16)14-7-6-13-11(14)17-8-9-4-2-3-5-10(9)12/h2-5H,6-8H2,1H3. The number of aliphatic imine (C=N–C) groups is 1. The molecule has 98 valence electrons. The third kappa shape index (κ3) is 3.18. The Bertz CT molecular complexity index is 572. The van der Waals surface area contributed by atoms with Crippen LogP contribution in [-0.2, 0) is 15.8 Å². The van der Waals surface area contributed by atoms with Crippen molar-refractivity contribution in [3.63, 3.8) is 0 Å². The Kier molecular flexibility index (Phi) is 4.19. The number of hydrogen-bond donors (Lipinski definition) is 0. The van der Waals surface area contributed by atoms with E-state index >= 15 is 0 Å². The molecule has 7 heteroatoms. The molecule has 18 heavy (non-hydrogen) atoms. The molecule has 1 aliphatic rings. The van der Waals surface area contributed by atoms with Gasteiger partial charge in [0.1, 0.15) is 0 Å². The van der Waals surface area contributed by atoms with Gasteiger partial charge in [-0.25, -0.2) is 12.7 Å². The molecule has 0 unspecified atom stereocenters. The van der Waals surface area contributed by atoms with Crippen molar-refractivity contribution < 1.29 is 8.42 Å². The van der Waals surface area contributed by atoms with Crippen molar-refractivity contribution in [2.45, 2.75) is 5.75 Å². The van der Waals surface area contributed by atoms with E-state index in [1.807, 2.05) is 24.3 Å². The monoisotopic (exact) mass is 304 g/mol. The molecule has 0 aromatic heterocycles. The van der Waals surface area contributed by atoms with Crippen molar-refractivity contribution in [1.29, 1.82) is 0 Å². The first-order chi connectivity index (χ1) is 8.48. The van der Waals surface area contributed by atoms with Gasteiger partial charge in [-0.3, -0.25) is 4.99 Å². The lowest BCUT2D eigenvalue weighted by molar-refractivity contribution is 0.547. The second kappa shape index (κ2) is 5.50. The summed E-state index contributed by atoms with van der Waals surface area (Å²) in [5.41, 5.74) is 0.979. The van der Waals surface area contributed by atoms with Crippen LogP contribution in [0.5, 0.6) is 0 Å². The van der Waals surface area contributed by atoms with Crippen LogP contribution in [0.4, 0.5) is 0 Å². The first-order valence-corrected chi connectivity index (χ1v) is 8.58. The number of thioether (sulfide) groups is 1. The molecule has 1 heterocycles. The van der Waals surface area contributed by atoms with E-state index in [0.29, 0.717) is 29.0 Å². The number of sulfonamides is 1. The minimum absolute atomic E-state index is 0.434. The fourth-order valence-corrected chi connectivity index (χ4v) is 4.15. The molecule has 1 aromatic carbocycles. The van der Waals surface area contributed by atoms with E-state index in [1.54, 1.807) is 0 Å². The molecule has 1 aromatic rings. The smallest absolute Gasteiger partial charge is 0.233 e. The molecule has 0 atom stereocenters. The second-order valence-corrected chi connectivity index (χ2v) is 7.14. The Morgan fingerprint density at radius 1 is 1.44 bits per heavy atom. The van der Waals surface area contributed by atoms with Crippen molar-refractivity contribution >= 4 is 38.6 Å². The van der Waals surface area contributed by atoms with Crippen LogP contribution in [0.2, 0.25) is 5.02 Å². The Labute approximate surface area is 116 Å². The zero-order valence-electron chi connectivity index (χ0n) is 9.84. The van der Waals surface area contributed by atoms with Crippen LogP contribution in [0.1, 0.15) is 5.56 Å². The van der Waals surface area contributed by atoms with Gasteiger partial charge in [0.15, 0.2) is 5.17 Å². The highest BCUT2D eigenvalue weighted by molar-refractivity contribution is 8.14. The normalized spacial score (nSPS) is 15.9. The van der Waals surface area contributed by atoms with E-state index in [-0.39, 0.29) is 0 Å². The summed E-state index contributed by atoms with van der Waals surface area (Å²) >= 11 is 7.45. The SMILES string of the molecule is CS(=O)(=O)N1CCN=C1SCc1ccccc1Cl.